The van der Waals surface area contributed by atoms with Crippen molar-refractivity contribution < 1.29 is 9.53 Å². The Balaban J connectivity index is 2.48. The van der Waals surface area contributed by atoms with Gasteiger partial charge in [0.2, 0.25) is 0 Å². The Hall–Kier alpha value is -2.02. The van der Waals surface area contributed by atoms with Crippen molar-refractivity contribution >= 4 is 5.91 Å². The summed E-state index contributed by atoms with van der Waals surface area (Å²) in [6.45, 7) is 5.33. The van der Waals surface area contributed by atoms with Crippen LogP contribution in [0.25, 0.3) is 0 Å². The third-order valence-corrected chi connectivity index (χ3v) is 2.68. The van der Waals surface area contributed by atoms with E-state index >= 15 is 0 Å². The lowest BCUT2D eigenvalue weighted by atomic mass is 10.2. The van der Waals surface area contributed by atoms with Crippen LogP contribution in [0.3, 0.4) is 0 Å². The van der Waals surface area contributed by atoms with Crippen LogP contribution in [-0.4, -0.2) is 30.5 Å². The van der Waals surface area contributed by atoms with Crippen LogP contribution in [0.4, 0.5) is 0 Å². The van der Waals surface area contributed by atoms with Crippen LogP contribution < -0.4 is 4.74 Å². The lowest BCUT2D eigenvalue weighted by Gasteiger charge is -2.18. The SMILES string of the molecule is CCN(CC)C(=O)COc1ccc(CC#N)cc1. The quantitative estimate of drug-likeness (QED) is 0.771. The summed E-state index contributed by atoms with van der Waals surface area (Å²) in [5.74, 6) is 0.637. The molecular weight excluding hydrogens is 228 g/mol. The van der Waals surface area contributed by atoms with E-state index in [0.717, 1.165) is 5.56 Å². The zero-order chi connectivity index (χ0) is 13.4. The number of nitriles is 1. The van der Waals surface area contributed by atoms with Gasteiger partial charge in [0.15, 0.2) is 6.61 Å². The van der Waals surface area contributed by atoms with E-state index in [4.69, 9.17) is 10.00 Å². The first-order chi connectivity index (χ1) is 8.71. The molecule has 0 radical (unpaired) electrons. The number of ether oxygens (including phenoxy) is 1. The molecule has 1 aromatic carbocycles. The second kappa shape index (κ2) is 7.33. The fourth-order valence-corrected chi connectivity index (χ4v) is 1.61. The Kier molecular flexibility index (Phi) is 5.72. The minimum atomic E-state index is -0.0129. The Bertz CT molecular complexity index is 416. The van der Waals surface area contributed by atoms with E-state index in [1.807, 2.05) is 26.0 Å². The molecule has 0 bridgehead atoms. The van der Waals surface area contributed by atoms with Gasteiger partial charge in [0.1, 0.15) is 5.75 Å². The molecule has 4 nitrogen and oxygen atoms in total. The molecule has 1 amide bonds. The van der Waals surface area contributed by atoms with E-state index < -0.39 is 0 Å². The normalized spacial score (nSPS) is 9.61. The Morgan fingerprint density at radius 2 is 1.89 bits per heavy atom. The van der Waals surface area contributed by atoms with Crippen LogP contribution in [0.2, 0.25) is 0 Å². The molecule has 0 heterocycles. The maximum absolute atomic E-state index is 11.7. The van der Waals surface area contributed by atoms with Crippen molar-refractivity contribution in [3.63, 3.8) is 0 Å². The maximum Gasteiger partial charge on any atom is 0.260 e. The predicted molar refractivity (Wildman–Crippen MR) is 69.2 cm³/mol. The summed E-state index contributed by atoms with van der Waals surface area (Å²) in [5, 5.41) is 8.55. The van der Waals surface area contributed by atoms with E-state index in [-0.39, 0.29) is 12.5 Å². The number of likely N-dealkylation sites (N-methyl/N-ethyl adjacent to an activating group) is 1. The van der Waals surface area contributed by atoms with Gasteiger partial charge in [0.25, 0.3) is 5.91 Å². The number of amides is 1. The molecule has 0 aliphatic heterocycles. The smallest absolute Gasteiger partial charge is 0.260 e. The molecule has 0 fully saturated rings. The molecule has 4 heteroatoms. The molecule has 0 N–H and O–H groups in total. The topological polar surface area (TPSA) is 53.3 Å². The van der Waals surface area contributed by atoms with Gasteiger partial charge in [-0.25, -0.2) is 0 Å². The van der Waals surface area contributed by atoms with Gasteiger partial charge in [0.05, 0.1) is 12.5 Å². The lowest BCUT2D eigenvalue weighted by molar-refractivity contribution is -0.132. The van der Waals surface area contributed by atoms with Crippen molar-refractivity contribution in [3.8, 4) is 11.8 Å². The molecule has 96 valence electrons. The van der Waals surface area contributed by atoms with Gasteiger partial charge in [-0.1, -0.05) is 12.1 Å². The highest BCUT2D eigenvalue weighted by Gasteiger charge is 2.09. The van der Waals surface area contributed by atoms with Crippen molar-refractivity contribution in [2.75, 3.05) is 19.7 Å². The number of nitrogens with zero attached hydrogens (tertiary/aromatic N) is 2. The average molecular weight is 246 g/mol. The van der Waals surface area contributed by atoms with Crippen LogP contribution in [0.5, 0.6) is 5.75 Å². The van der Waals surface area contributed by atoms with Crippen LogP contribution >= 0.6 is 0 Å². The van der Waals surface area contributed by atoms with Crippen molar-refractivity contribution in [2.45, 2.75) is 20.3 Å². The molecule has 0 aliphatic carbocycles. The van der Waals surface area contributed by atoms with Gasteiger partial charge >= 0.3 is 0 Å². The van der Waals surface area contributed by atoms with Crippen LogP contribution in [-0.2, 0) is 11.2 Å². The molecule has 1 aromatic rings. The van der Waals surface area contributed by atoms with E-state index in [1.54, 1.807) is 17.0 Å². The standard InChI is InChI=1S/C14H18N2O2/c1-3-16(4-2)14(17)11-18-13-7-5-12(6-8-13)9-10-15/h5-8H,3-4,9,11H2,1-2H3. The minimum absolute atomic E-state index is 0.0129. The van der Waals surface area contributed by atoms with Crippen molar-refractivity contribution in [1.29, 1.82) is 5.26 Å². The fourth-order valence-electron chi connectivity index (χ4n) is 1.61. The molecule has 18 heavy (non-hydrogen) atoms. The highest BCUT2D eigenvalue weighted by atomic mass is 16.5. The first-order valence-electron chi connectivity index (χ1n) is 6.07. The molecule has 0 saturated carbocycles. The third-order valence-electron chi connectivity index (χ3n) is 2.68. The third kappa shape index (κ3) is 4.10. The number of hydrogen-bond donors (Lipinski definition) is 0. The Morgan fingerprint density at radius 3 is 2.39 bits per heavy atom. The molecule has 0 saturated heterocycles. The summed E-state index contributed by atoms with van der Waals surface area (Å²) in [6, 6.07) is 9.31. The molecule has 0 aromatic heterocycles. The largest absolute Gasteiger partial charge is 0.484 e. The van der Waals surface area contributed by atoms with Gasteiger partial charge in [0, 0.05) is 13.1 Å². The average Bonchev–Trinajstić information content (AvgIpc) is 2.40. The van der Waals surface area contributed by atoms with Crippen molar-refractivity contribution in [2.24, 2.45) is 0 Å². The Morgan fingerprint density at radius 1 is 1.28 bits per heavy atom. The summed E-state index contributed by atoms with van der Waals surface area (Å²) in [7, 11) is 0. The predicted octanol–water partition coefficient (Wildman–Crippen LogP) is 2.00. The van der Waals surface area contributed by atoms with Crippen LogP contribution in [0.15, 0.2) is 24.3 Å². The van der Waals surface area contributed by atoms with Crippen molar-refractivity contribution in [3.05, 3.63) is 29.8 Å². The van der Waals surface area contributed by atoms with Gasteiger partial charge < -0.3 is 9.64 Å². The zero-order valence-corrected chi connectivity index (χ0v) is 10.8. The molecule has 1 rings (SSSR count). The fraction of sp³-hybridized carbons (Fsp3) is 0.429. The summed E-state index contributed by atoms with van der Waals surface area (Å²) in [4.78, 5) is 13.4. The van der Waals surface area contributed by atoms with Gasteiger partial charge in [-0.2, -0.15) is 5.26 Å². The number of hydrogen-bond acceptors (Lipinski definition) is 3. The minimum Gasteiger partial charge on any atom is -0.484 e. The summed E-state index contributed by atoms with van der Waals surface area (Å²) < 4.78 is 5.41. The monoisotopic (exact) mass is 246 g/mol. The highest BCUT2D eigenvalue weighted by Crippen LogP contribution is 2.12. The maximum atomic E-state index is 11.7. The zero-order valence-electron chi connectivity index (χ0n) is 10.8. The molecule has 0 spiro atoms. The summed E-state index contributed by atoms with van der Waals surface area (Å²) >= 11 is 0. The molecule has 0 atom stereocenters. The number of carbonyl (C=O) groups excluding carboxylic acids is 1. The molecule has 0 unspecified atom stereocenters. The van der Waals surface area contributed by atoms with Crippen molar-refractivity contribution in [1.82, 2.24) is 4.90 Å². The lowest BCUT2D eigenvalue weighted by Crippen LogP contribution is -2.34. The van der Waals surface area contributed by atoms with Crippen LogP contribution in [0, 0.1) is 11.3 Å². The molecular formula is C14H18N2O2. The number of carbonyl (C=O) groups is 1. The number of rotatable bonds is 6. The van der Waals surface area contributed by atoms with E-state index in [0.29, 0.717) is 25.3 Å². The van der Waals surface area contributed by atoms with Gasteiger partial charge in [-0.05, 0) is 31.5 Å². The first-order valence-corrected chi connectivity index (χ1v) is 6.07. The van der Waals surface area contributed by atoms with E-state index in [1.165, 1.54) is 0 Å². The van der Waals surface area contributed by atoms with E-state index in [9.17, 15) is 4.79 Å². The summed E-state index contributed by atoms with van der Waals surface area (Å²) in [5.41, 5.74) is 0.944. The first kappa shape index (κ1) is 14.0. The van der Waals surface area contributed by atoms with Crippen LogP contribution in [0.1, 0.15) is 19.4 Å². The second-order valence-corrected chi connectivity index (χ2v) is 3.83. The molecule has 0 aliphatic rings. The van der Waals surface area contributed by atoms with E-state index in [2.05, 4.69) is 6.07 Å². The van der Waals surface area contributed by atoms with Gasteiger partial charge in [-0.15, -0.1) is 0 Å². The second-order valence-electron chi connectivity index (χ2n) is 3.83. The highest BCUT2D eigenvalue weighted by molar-refractivity contribution is 5.77. The Labute approximate surface area is 108 Å². The number of benzene rings is 1. The van der Waals surface area contributed by atoms with Gasteiger partial charge in [-0.3, -0.25) is 4.79 Å². The summed E-state index contributed by atoms with van der Waals surface area (Å²) in [6.07, 6.45) is 0.388.